The van der Waals surface area contributed by atoms with Crippen molar-refractivity contribution in [2.45, 2.75) is 103 Å². The Balaban J connectivity index is 1.59. The minimum Gasteiger partial charge on any atom is -0.497 e. The predicted molar refractivity (Wildman–Crippen MR) is 221 cm³/mol. The topological polar surface area (TPSA) is 127 Å². The number of nitrogens with zero attached hydrogens (tertiary/aromatic N) is 4. The highest BCUT2D eigenvalue weighted by atomic mass is 31.2. The van der Waals surface area contributed by atoms with Crippen molar-refractivity contribution >= 4 is 8.53 Å². The van der Waals surface area contributed by atoms with Gasteiger partial charge in [-0.05, 0) is 82.0 Å². The van der Waals surface area contributed by atoms with Crippen LogP contribution in [0, 0.1) is 18.3 Å². The molecule has 1 aliphatic rings. The minimum atomic E-state index is -1.65. The molecule has 57 heavy (non-hydrogen) atoms. The van der Waals surface area contributed by atoms with E-state index in [4.69, 9.17) is 32.7 Å². The van der Waals surface area contributed by atoms with E-state index in [1.807, 2.05) is 85.8 Å². The molecule has 0 saturated carbocycles. The van der Waals surface area contributed by atoms with Crippen LogP contribution in [0.15, 0.2) is 89.9 Å². The molecule has 0 N–H and O–H groups in total. The summed E-state index contributed by atoms with van der Waals surface area (Å²) >= 11 is 0. The second kappa shape index (κ2) is 20.9. The van der Waals surface area contributed by atoms with Crippen molar-refractivity contribution in [3.63, 3.8) is 0 Å². The molecule has 4 atom stereocenters. The average molecular weight is 801 g/mol. The normalized spacial score (nSPS) is 17.5. The molecule has 0 aliphatic carbocycles. The number of methoxy groups -OCH3 is 2. The van der Waals surface area contributed by atoms with E-state index >= 15 is 0 Å². The van der Waals surface area contributed by atoms with Crippen LogP contribution in [0.5, 0.6) is 17.4 Å². The van der Waals surface area contributed by atoms with Crippen LogP contribution in [0.4, 0.5) is 0 Å². The van der Waals surface area contributed by atoms with Crippen LogP contribution in [0.2, 0.25) is 0 Å². The second-order valence-corrected chi connectivity index (χ2v) is 15.9. The van der Waals surface area contributed by atoms with E-state index < -0.39 is 38.3 Å². The third-order valence-corrected chi connectivity index (χ3v) is 12.0. The first-order chi connectivity index (χ1) is 27.6. The molecule has 4 aromatic rings. The highest BCUT2D eigenvalue weighted by molar-refractivity contribution is 7.44. The standard InChI is InChI=1S/C44H57N4O8P/c1-9-10-26-52-42-33(6)29-47(43(49)46-42)41-28-39(56-57(54-27-14-25-45)48(31(2)3)32(4)5)40(55-41)30-53-44(34-15-12-11-13-16-34,35-17-21-37(50-7)22-18-35)36-19-23-38(51-8)24-20-36/h11-13,15-24,29,31-32,39-41H,9-10,14,26-28,30H2,1-8H3/t39-,40+,41+,57?/m0/s1. The van der Waals surface area contributed by atoms with Gasteiger partial charge in [0.1, 0.15) is 29.4 Å². The number of ether oxygens (including phenoxy) is 5. The summed E-state index contributed by atoms with van der Waals surface area (Å²) in [6, 6.07) is 28.1. The molecule has 5 rings (SSSR count). The number of nitriles is 1. The van der Waals surface area contributed by atoms with E-state index in [9.17, 15) is 10.1 Å². The molecule has 1 saturated heterocycles. The van der Waals surface area contributed by atoms with Crippen molar-refractivity contribution in [2.24, 2.45) is 0 Å². The van der Waals surface area contributed by atoms with E-state index in [1.54, 1.807) is 20.4 Å². The Morgan fingerprint density at radius 1 is 0.930 bits per heavy atom. The van der Waals surface area contributed by atoms with Crippen LogP contribution < -0.4 is 19.9 Å². The Kier molecular flexibility index (Phi) is 16.0. The maximum absolute atomic E-state index is 13.6. The summed E-state index contributed by atoms with van der Waals surface area (Å²) < 4.78 is 48.1. The van der Waals surface area contributed by atoms with E-state index in [2.05, 4.69) is 50.3 Å². The van der Waals surface area contributed by atoms with E-state index in [0.29, 0.717) is 30.4 Å². The fourth-order valence-corrected chi connectivity index (χ4v) is 8.80. The van der Waals surface area contributed by atoms with Crippen molar-refractivity contribution in [3.8, 4) is 23.4 Å². The van der Waals surface area contributed by atoms with Crippen molar-refractivity contribution in [1.29, 1.82) is 5.26 Å². The lowest BCUT2D eigenvalue weighted by atomic mass is 9.80. The van der Waals surface area contributed by atoms with Gasteiger partial charge in [-0.3, -0.25) is 4.57 Å². The molecule has 1 unspecified atom stereocenters. The molecule has 0 amide bonds. The van der Waals surface area contributed by atoms with Crippen LogP contribution in [0.25, 0.3) is 0 Å². The molecule has 2 heterocycles. The Morgan fingerprint density at radius 2 is 1.53 bits per heavy atom. The molecule has 13 heteroatoms. The van der Waals surface area contributed by atoms with E-state index in [0.717, 1.165) is 35.1 Å². The van der Waals surface area contributed by atoms with Gasteiger partial charge in [0.2, 0.25) is 5.88 Å². The highest BCUT2D eigenvalue weighted by Gasteiger charge is 2.45. The van der Waals surface area contributed by atoms with Crippen LogP contribution >= 0.6 is 8.53 Å². The van der Waals surface area contributed by atoms with Crippen LogP contribution in [-0.2, 0) is 24.1 Å². The summed E-state index contributed by atoms with van der Waals surface area (Å²) in [6.07, 6.45) is 2.15. The SMILES string of the molecule is CCCCOc1nc(=O)n([C@H]2C[C@H](OP(OCCC#N)N(C(C)C)C(C)C)[C@@H](COC(c3ccccc3)(c3ccc(OC)cc3)c3ccc(OC)cc3)O2)cc1C. The summed E-state index contributed by atoms with van der Waals surface area (Å²) in [5, 5.41) is 9.36. The number of hydrogen-bond donors (Lipinski definition) is 0. The van der Waals surface area contributed by atoms with E-state index in [1.165, 1.54) is 4.57 Å². The predicted octanol–water partition coefficient (Wildman–Crippen LogP) is 8.71. The second-order valence-electron chi connectivity index (χ2n) is 14.5. The molecular weight excluding hydrogens is 743 g/mol. The first-order valence-corrected chi connectivity index (χ1v) is 20.8. The summed E-state index contributed by atoms with van der Waals surface area (Å²) in [6.45, 7) is 13.1. The summed E-state index contributed by atoms with van der Waals surface area (Å²) in [5.74, 6) is 1.75. The van der Waals surface area contributed by atoms with Crippen molar-refractivity contribution < 1.29 is 32.7 Å². The van der Waals surface area contributed by atoms with Crippen molar-refractivity contribution in [2.75, 3.05) is 34.0 Å². The number of aromatic nitrogens is 2. The largest absolute Gasteiger partial charge is 0.497 e. The minimum absolute atomic E-state index is 0.0677. The van der Waals surface area contributed by atoms with Gasteiger partial charge in [-0.25, -0.2) is 9.46 Å². The van der Waals surface area contributed by atoms with Gasteiger partial charge >= 0.3 is 5.69 Å². The van der Waals surface area contributed by atoms with Gasteiger partial charge in [0.05, 0.1) is 52.6 Å². The Bertz CT molecular complexity index is 1880. The molecule has 0 spiro atoms. The molecule has 1 aromatic heterocycles. The zero-order valence-corrected chi connectivity index (χ0v) is 35.3. The van der Waals surface area contributed by atoms with Gasteiger partial charge in [0.25, 0.3) is 8.53 Å². The number of rotatable bonds is 21. The lowest BCUT2D eigenvalue weighted by Crippen LogP contribution is -2.39. The van der Waals surface area contributed by atoms with Gasteiger partial charge in [-0.15, -0.1) is 0 Å². The van der Waals surface area contributed by atoms with Crippen LogP contribution in [0.3, 0.4) is 0 Å². The van der Waals surface area contributed by atoms with E-state index in [-0.39, 0.29) is 31.7 Å². The fraction of sp³-hybridized carbons (Fsp3) is 0.477. The Hall–Kier alpha value is -4.34. The molecule has 1 aliphatic heterocycles. The number of benzene rings is 3. The van der Waals surface area contributed by atoms with Gasteiger partial charge in [-0.1, -0.05) is 67.9 Å². The third-order valence-electron chi connectivity index (χ3n) is 9.84. The smallest absolute Gasteiger partial charge is 0.352 e. The lowest BCUT2D eigenvalue weighted by Gasteiger charge is -2.39. The highest BCUT2D eigenvalue weighted by Crippen LogP contribution is 2.50. The zero-order valence-electron chi connectivity index (χ0n) is 34.4. The molecule has 306 valence electrons. The summed E-state index contributed by atoms with van der Waals surface area (Å²) in [4.78, 5) is 17.9. The van der Waals surface area contributed by atoms with Crippen molar-refractivity contribution in [3.05, 3.63) is 118 Å². The monoisotopic (exact) mass is 800 g/mol. The number of hydrogen-bond acceptors (Lipinski definition) is 11. The molecule has 3 aromatic carbocycles. The van der Waals surface area contributed by atoms with Gasteiger partial charge in [0.15, 0.2) is 0 Å². The first kappa shape index (κ1) is 43.8. The molecule has 0 radical (unpaired) electrons. The molecule has 0 bridgehead atoms. The third kappa shape index (κ3) is 10.6. The summed E-state index contributed by atoms with van der Waals surface area (Å²) in [7, 11) is 1.63. The maximum atomic E-state index is 13.6. The Labute approximate surface area is 338 Å². The maximum Gasteiger partial charge on any atom is 0.352 e. The first-order valence-electron chi connectivity index (χ1n) is 19.7. The molecular formula is C44H57N4O8P. The molecule has 1 fully saturated rings. The average Bonchev–Trinajstić information content (AvgIpc) is 3.61. The van der Waals surface area contributed by atoms with Gasteiger partial charge < -0.3 is 32.7 Å². The van der Waals surface area contributed by atoms with Gasteiger partial charge in [-0.2, -0.15) is 10.2 Å². The summed E-state index contributed by atoms with van der Waals surface area (Å²) in [5.41, 5.74) is 1.76. The number of aryl methyl sites for hydroxylation is 1. The Morgan fingerprint density at radius 3 is 2.07 bits per heavy atom. The number of unbranched alkanes of at least 4 members (excludes halogenated alkanes) is 1. The zero-order chi connectivity index (χ0) is 41.0. The molecule has 12 nitrogen and oxygen atoms in total. The van der Waals surface area contributed by atoms with Crippen LogP contribution in [-0.4, -0.2) is 72.6 Å². The van der Waals surface area contributed by atoms with Crippen molar-refractivity contribution in [1.82, 2.24) is 14.2 Å². The lowest BCUT2D eigenvalue weighted by molar-refractivity contribution is -0.0926. The van der Waals surface area contributed by atoms with Crippen LogP contribution in [0.1, 0.15) is 88.8 Å². The fourth-order valence-electron chi connectivity index (χ4n) is 7.04. The quantitative estimate of drug-likeness (QED) is 0.0456. The van der Waals surface area contributed by atoms with Gasteiger partial charge in [0, 0.05) is 30.3 Å².